The van der Waals surface area contributed by atoms with E-state index in [1.165, 1.54) is 4.70 Å². The molecule has 0 fully saturated rings. The minimum Gasteiger partial charge on any atom is -0.353 e. The quantitative estimate of drug-likeness (QED) is 0.540. The predicted molar refractivity (Wildman–Crippen MR) is 82.0 cm³/mol. The highest BCUT2D eigenvalue weighted by Crippen LogP contribution is 2.29. The molecular weight excluding hydrogens is 278 g/mol. The third kappa shape index (κ3) is 4.45. The number of ether oxygens (including phenoxy) is 2. The zero-order chi connectivity index (χ0) is 13.5. The van der Waals surface area contributed by atoms with Crippen LogP contribution in [0.15, 0.2) is 28.6 Å². The Kier molecular flexibility index (Phi) is 6.10. The summed E-state index contributed by atoms with van der Waals surface area (Å²) in [5.74, 6) is 0.963. The molecule has 1 aromatic heterocycles. The van der Waals surface area contributed by atoms with E-state index in [0.717, 1.165) is 22.0 Å². The first-order chi connectivity index (χ1) is 9.33. The summed E-state index contributed by atoms with van der Waals surface area (Å²) in [4.78, 5) is 4.60. The Morgan fingerprint density at radius 2 is 1.95 bits per heavy atom. The molecule has 19 heavy (non-hydrogen) atoms. The lowest BCUT2D eigenvalue weighted by molar-refractivity contribution is -0.136. The number of nitrogens with zero attached hydrogens (tertiary/aromatic N) is 1. The highest BCUT2D eigenvalue weighted by molar-refractivity contribution is 8.01. The number of hydrogen-bond acceptors (Lipinski definition) is 5. The standard InChI is InChI=1S/C14H19NO2S2/c1-3-16-13(17-4-2)9-10-18-14-15-11-7-5-6-8-12(11)19-14/h5-8,13H,3-4,9-10H2,1-2H3. The molecule has 5 heteroatoms. The van der Waals surface area contributed by atoms with Gasteiger partial charge in [0.2, 0.25) is 0 Å². The van der Waals surface area contributed by atoms with E-state index >= 15 is 0 Å². The Bertz CT molecular complexity index is 462. The molecule has 0 N–H and O–H groups in total. The van der Waals surface area contributed by atoms with Gasteiger partial charge in [-0.15, -0.1) is 11.3 Å². The molecule has 1 heterocycles. The smallest absolute Gasteiger partial charge is 0.158 e. The second-order valence-corrected chi connectivity index (χ2v) is 6.30. The maximum Gasteiger partial charge on any atom is 0.158 e. The number of rotatable bonds is 8. The zero-order valence-electron chi connectivity index (χ0n) is 11.3. The van der Waals surface area contributed by atoms with Crippen LogP contribution in [0.25, 0.3) is 10.2 Å². The third-order valence-corrected chi connectivity index (χ3v) is 4.77. The van der Waals surface area contributed by atoms with Crippen LogP contribution in [0.2, 0.25) is 0 Å². The molecule has 0 spiro atoms. The van der Waals surface area contributed by atoms with E-state index in [2.05, 4.69) is 23.2 Å². The van der Waals surface area contributed by atoms with Crippen molar-refractivity contribution in [1.82, 2.24) is 4.98 Å². The van der Waals surface area contributed by atoms with Crippen molar-refractivity contribution < 1.29 is 9.47 Å². The fourth-order valence-corrected chi connectivity index (χ4v) is 3.84. The summed E-state index contributed by atoms with van der Waals surface area (Å²) in [6, 6.07) is 8.24. The van der Waals surface area contributed by atoms with Crippen molar-refractivity contribution in [3.05, 3.63) is 24.3 Å². The average Bonchev–Trinajstić information content (AvgIpc) is 2.82. The lowest BCUT2D eigenvalue weighted by atomic mass is 10.3. The molecule has 0 atom stereocenters. The van der Waals surface area contributed by atoms with E-state index < -0.39 is 0 Å². The van der Waals surface area contributed by atoms with Gasteiger partial charge in [0.25, 0.3) is 0 Å². The first-order valence-corrected chi connectivity index (χ1v) is 8.35. The Labute approximate surface area is 122 Å². The Hall–Kier alpha value is -0.620. The number of fused-ring (bicyclic) bond motifs is 1. The lowest BCUT2D eigenvalue weighted by Crippen LogP contribution is -2.18. The van der Waals surface area contributed by atoms with Crippen molar-refractivity contribution in [2.45, 2.75) is 30.9 Å². The van der Waals surface area contributed by atoms with Gasteiger partial charge in [0.05, 0.1) is 10.2 Å². The van der Waals surface area contributed by atoms with E-state index in [9.17, 15) is 0 Å². The fraction of sp³-hybridized carbons (Fsp3) is 0.500. The van der Waals surface area contributed by atoms with Crippen molar-refractivity contribution >= 4 is 33.3 Å². The number of para-hydroxylation sites is 1. The summed E-state index contributed by atoms with van der Waals surface area (Å²) in [6.07, 6.45) is 0.805. The fourth-order valence-electron chi connectivity index (χ4n) is 1.74. The monoisotopic (exact) mass is 297 g/mol. The van der Waals surface area contributed by atoms with E-state index in [1.807, 2.05) is 19.9 Å². The molecule has 0 aliphatic rings. The summed E-state index contributed by atoms with van der Waals surface area (Å²) >= 11 is 3.52. The highest BCUT2D eigenvalue weighted by atomic mass is 32.2. The summed E-state index contributed by atoms with van der Waals surface area (Å²) in [5, 5.41) is 0. The van der Waals surface area contributed by atoms with Gasteiger partial charge in [-0.05, 0) is 26.0 Å². The molecule has 0 radical (unpaired) electrons. The Morgan fingerprint density at radius 1 is 1.21 bits per heavy atom. The lowest BCUT2D eigenvalue weighted by Gasteiger charge is -2.15. The third-order valence-electron chi connectivity index (χ3n) is 2.56. The van der Waals surface area contributed by atoms with Gasteiger partial charge in [0.1, 0.15) is 0 Å². The van der Waals surface area contributed by atoms with Gasteiger partial charge in [-0.1, -0.05) is 23.9 Å². The van der Waals surface area contributed by atoms with Crippen LogP contribution in [0.1, 0.15) is 20.3 Å². The van der Waals surface area contributed by atoms with Gasteiger partial charge in [-0.3, -0.25) is 0 Å². The maximum atomic E-state index is 5.53. The molecule has 0 bridgehead atoms. The molecule has 0 amide bonds. The molecule has 104 valence electrons. The van der Waals surface area contributed by atoms with E-state index in [1.54, 1.807) is 23.1 Å². The second-order valence-electron chi connectivity index (χ2n) is 3.92. The summed E-state index contributed by atoms with van der Waals surface area (Å²) in [6.45, 7) is 5.37. The topological polar surface area (TPSA) is 31.4 Å². The van der Waals surface area contributed by atoms with Gasteiger partial charge in [-0.2, -0.15) is 0 Å². The van der Waals surface area contributed by atoms with Gasteiger partial charge in [-0.25, -0.2) is 4.98 Å². The van der Waals surface area contributed by atoms with Crippen molar-refractivity contribution in [2.24, 2.45) is 0 Å². The summed E-state index contributed by atoms with van der Waals surface area (Å²) < 4.78 is 13.4. The van der Waals surface area contributed by atoms with E-state index in [4.69, 9.17) is 9.47 Å². The molecule has 0 saturated heterocycles. The first-order valence-electron chi connectivity index (χ1n) is 6.55. The normalized spacial score (nSPS) is 11.5. The van der Waals surface area contributed by atoms with Crippen molar-refractivity contribution in [2.75, 3.05) is 19.0 Å². The van der Waals surface area contributed by atoms with Crippen LogP contribution < -0.4 is 0 Å². The van der Waals surface area contributed by atoms with Crippen LogP contribution in [0.3, 0.4) is 0 Å². The van der Waals surface area contributed by atoms with Crippen LogP contribution in [0.4, 0.5) is 0 Å². The molecule has 0 aliphatic heterocycles. The largest absolute Gasteiger partial charge is 0.353 e. The Balaban J connectivity index is 1.84. The van der Waals surface area contributed by atoms with Crippen molar-refractivity contribution in [3.8, 4) is 0 Å². The molecule has 0 saturated carbocycles. The maximum absolute atomic E-state index is 5.53. The number of thioether (sulfide) groups is 1. The molecule has 2 rings (SSSR count). The number of benzene rings is 1. The van der Waals surface area contributed by atoms with Crippen LogP contribution in [-0.4, -0.2) is 30.2 Å². The zero-order valence-corrected chi connectivity index (χ0v) is 12.9. The molecule has 1 aromatic carbocycles. The van der Waals surface area contributed by atoms with Crippen LogP contribution in [-0.2, 0) is 9.47 Å². The highest BCUT2D eigenvalue weighted by Gasteiger charge is 2.09. The number of hydrogen-bond donors (Lipinski definition) is 0. The van der Waals surface area contributed by atoms with Crippen LogP contribution in [0.5, 0.6) is 0 Å². The average molecular weight is 297 g/mol. The SMILES string of the molecule is CCOC(CCSc1nc2ccccc2s1)OCC. The van der Waals surface area contributed by atoms with Crippen LogP contribution >= 0.6 is 23.1 Å². The minimum atomic E-state index is -0.0862. The number of thiazole rings is 1. The van der Waals surface area contributed by atoms with Crippen molar-refractivity contribution in [1.29, 1.82) is 0 Å². The summed E-state index contributed by atoms with van der Waals surface area (Å²) in [7, 11) is 0. The number of aromatic nitrogens is 1. The van der Waals surface area contributed by atoms with Gasteiger partial charge in [0, 0.05) is 25.4 Å². The minimum absolute atomic E-state index is 0.0862. The summed E-state index contributed by atoms with van der Waals surface area (Å²) in [5.41, 5.74) is 1.08. The molecule has 0 unspecified atom stereocenters. The van der Waals surface area contributed by atoms with Crippen LogP contribution in [0, 0.1) is 0 Å². The molecule has 2 aromatic rings. The van der Waals surface area contributed by atoms with E-state index in [-0.39, 0.29) is 6.29 Å². The van der Waals surface area contributed by atoms with Gasteiger partial charge < -0.3 is 9.47 Å². The Morgan fingerprint density at radius 3 is 2.63 bits per heavy atom. The van der Waals surface area contributed by atoms with Crippen molar-refractivity contribution in [3.63, 3.8) is 0 Å². The van der Waals surface area contributed by atoms with Gasteiger partial charge in [0.15, 0.2) is 10.6 Å². The van der Waals surface area contributed by atoms with Gasteiger partial charge >= 0.3 is 0 Å². The predicted octanol–water partition coefficient (Wildman–Crippen LogP) is 4.18. The van der Waals surface area contributed by atoms with E-state index in [0.29, 0.717) is 13.2 Å². The molecular formula is C14H19NO2S2. The second kappa shape index (κ2) is 7.85. The molecule has 3 nitrogen and oxygen atoms in total. The molecule has 0 aliphatic carbocycles. The first kappa shape index (κ1) is 14.8.